The van der Waals surface area contributed by atoms with Crippen LogP contribution in [0, 0.1) is 0 Å². The average Bonchev–Trinajstić information content (AvgIpc) is 3.28. The van der Waals surface area contributed by atoms with Crippen LogP contribution in [0.4, 0.5) is 5.13 Å². The Morgan fingerprint density at radius 3 is 2.92 bits per heavy atom. The first-order chi connectivity index (χ1) is 12.3. The fraction of sp³-hybridized carbons (Fsp3) is 0.211. The van der Waals surface area contributed by atoms with E-state index in [4.69, 9.17) is 4.74 Å². The van der Waals surface area contributed by atoms with E-state index in [0.29, 0.717) is 12.5 Å². The summed E-state index contributed by atoms with van der Waals surface area (Å²) in [5.41, 5.74) is 5.68. The van der Waals surface area contributed by atoms with Crippen LogP contribution in [-0.2, 0) is 6.42 Å². The molecule has 3 aromatic rings. The van der Waals surface area contributed by atoms with Crippen molar-refractivity contribution in [2.24, 2.45) is 0 Å². The Kier molecular flexibility index (Phi) is 4.19. The summed E-state index contributed by atoms with van der Waals surface area (Å²) in [6.45, 7) is 2.58. The monoisotopic (exact) mass is 350 g/mol. The van der Waals surface area contributed by atoms with E-state index in [1.807, 2.05) is 32.2 Å². The van der Waals surface area contributed by atoms with Crippen LogP contribution >= 0.6 is 11.3 Å². The van der Waals surface area contributed by atoms with E-state index < -0.39 is 0 Å². The second kappa shape index (κ2) is 6.64. The highest BCUT2D eigenvalue weighted by atomic mass is 32.1. The quantitative estimate of drug-likeness (QED) is 0.753. The number of nitrogens with one attached hydrogen (secondary N) is 1. The van der Waals surface area contributed by atoms with Gasteiger partial charge in [0.15, 0.2) is 0 Å². The van der Waals surface area contributed by atoms with Crippen LogP contribution in [0.1, 0.15) is 23.7 Å². The fourth-order valence-electron chi connectivity index (χ4n) is 2.94. The molecule has 0 fully saturated rings. The first kappa shape index (κ1) is 15.8. The number of aromatic nitrogens is 3. The zero-order valence-electron chi connectivity index (χ0n) is 14.1. The molecule has 4 rings (SSSR count). The second-order valence-electron chi connectivity index (χ2n) is 5.65. The fourth-order valence-corrected chi connectivity index (χ4v) is 3.63. The van der Waals surface area contributed by atoms with Crippen molar-refractivity contribution in [1.29, 1.82) is 0 Å². The van der Waals surface area contributed by atoms with Gasteiger partial charge in [-0.1, -0.05) is 35.6 Å². The van der Waals surface area contributed by atoms with E-state index in [0.717, 1.165) is 33.4 Å². The lowest BCUT2D eigenvalue weighted by Gasteiger charge is -2.09. The summed E-state index contributed by atoms with van der Waals surface area (Å²) in [5, 5.41) is 13.2. The van der Waals surface area contributed by atoms with Crippen LogP contribution in [0.2, 0.25) is 0 Å². The van der Waals surface area contributed by atoms with Crippen molar-refractivity contribution in [2.75, 3.05) is 19.0 Å². The number of rotatable bonds is 5. The van der Waals surface area contributed by atoms with Crippen LogP contribution in [0.15, 0.2) is 42.5 Å². The van der Waals surface area contributed by atoms with Crippen molar-refractivity contribution < 1.29 is 4.74 Å². The van der Waals surface area contributed by atoms with Gasteiger partial charge in [0.1, 0.15) is 5.01 Å². The Labute approximate surface area is 150 Å². The maximum atomic E-state index is 5.54. The molecule has 2 aromatic heterocycles. The molecule has 0 radical (unpaired) electrons. The summed E-state index contributed by atoms with van der Waals surface area (Å²) >= 11 is 1.55. The molecule has 0 bridgehead atoms. The minimum atomic E-state index is 0.612. The summed E-state index contributed by atoms with van der Waals surface area (Å²) in [7, 11) is 1.85. The van der Waals surface area contributed by atoms with Gasteiger partial charge < -0.3 is 10.1 Å². The summed E-state index contributed by atoms with van der Waals surface area (Å²) in [6.07, 6.45) is 3.15. The van der Waals surface area contributed by atoms with Crippen molar-refractivity contribution >= 4 is 22.0 Å². The number of pyridine rings is 1. The average molecular weight is 350 g/mol. The summed E-state index contributed by atoms with van der Waals surface area (Å²) < 4.78 is 5.54. The summed E-state index contributed by atoms with van der Waals surface area (Å²) in [4.78, 5) is 4.64. The van der Waals surface area contributed by atoms with Gasteiger partial charge in [-0.2, -0.15) is 0 Å². The molecule has 0 atom stereocenters. The highest BCUT2D eigenvalue weighted by Crippen LogP contribution is 2.36. The maximum absolute atomic E-state index is 5.54. The molecule has 1 aromatic carbocycles. The third-order valence-corrected chi connectivity index (χ3v) is 5.09. The van der Waals surface area contributed by atoms with E-state index in [2.05, 4.69) is 44.8 Å². The number of hydrogen-bond acceptors (Lipinski definition) is 6. The first-order valence-corrected chi connectivity index (χ1v) is 9.05. The first-order valence-electron chi connectivity index (χ1n) is 8.24. The van der Waals surface area contributed by atoms with Gasteiger partial charge in [-0.15, -0.1) is 10.2 Å². The molecular weight excluding hydrogens is 332 g/mol. The molecule has 0 saturated heterocycles. The highest BCUT2D eigenvalue weighted by molar-refractivity contribution is 7.18. The minimum absolute atomic E-state index is 0.612. The van der Waals surface area contributed by atoms with Crippen LogP contribution in [0.3, 0.4) is 0 Å². The van der Waals surface area contributed by atoms with Crippen molar-refractivity contribution in [1.82, 2.24) is 15.2 Å². The van der Waals surface area contributed by atoms with Gasteiger partial charge >= 0.3 is 0 Å². The molecule has 0 amide bonds. The van der Waals surface area contributed by atoms with Crippen LogP contribution < -0.4 is 10.1 Å². The second-order valence-corrected chi connectivity index (χ2v) is 6.63. The predicted octanol–water partition coefficient (Wildman–Crippen LogP) is 4.03. The minimum Gasteiger partial charge on any atom is -0.478 e. The van der Waals surface area contributed by atoms with E-state index in [1.54, 1.807) is 11.3 Å². The van der Waals surface area contributed by atoms with E-state index in [9.17, 15) is 0 Å². The molecule has 6 heteroatoms. The smallest absolute Gasteiger partial charge is 0.213 e. The van der Waals surface area contributed by atoms with E-state index >= 15 is 0 Å². The normalized spacial score (nSPS) is 12.6. The third-order valence-electron chi connectivity index (χ3n) is 4.10. The molecule has 1 N–H and O–H groups in total. The van der Waals surface area contributed by atoms with Crippen molar-refractivity contribution in [3.05, 3.63) is 59.3 Å². The van der Waals surface area contributed by atoms with E-state index in [1.165, 1.54) is 11.1 Å². The van der Waals surface area contributed by atoms with Crippen LogP contribution in [-0.4, -0.2) is 28.8 Å². The lowest BCUT2D eigenvalue weighted by molar-refractivity contribution is 0.326. The molecule has 5 nitrogen and oxygen atoms in total. The van der Waals surface area contributed by atoms with Crippen molar-refractivity contribution in [3.8, 4) is 16.5 Å². The Balaban J connectivity index is 1.71. The lowest BCUT2D eigenvalue weighted by Crippen LogP contribution is -1.97. The topological polar surface area (TPSA) is 59.9 Å². The van der Waals surface area contributed by atoms with Crippen molar-refractivity contribution in [3.63, 3.8) is 0 Å². The lowest BCUT2D eigenvalue weighted by atomic mass is 10.0. The van der Waals surface area contributed by atoms with E-state index in [-0.39, 0.29) is 0 Å². The maximum Gasteiger partial charge on any atom is 0.213 e. The molecule has 1 aliphatic rings. The predicted molar refractivity (Wildman–Crippen MR) is 101 cm³/mol. The Bertz CT molecular complexity index is 948. The molecule has 1 aliphatic carbocycles. The molecule has 0 aliphatic heterocycles. The van der Waals surface area contributed by atoms with Crippen LogP contribution in [0.5, 0.6) is 5.88 Å². The zero-order chi connectivity index (χ0) is 17.2. The molecule has 25 heavy (non-hydrogen) atoms. The number of allylic oxidation sites excluding steroid dienone is 1. The SMILES string of the molecule is CCOc1cccc(C2=CCc3ccc(-c4nnc(NC)s4)cc32)n1. The molecule has 126 valence electrons. The number of benzene rings is 1. The van der Waals surface area contributed by atoms with Gasteiger partial charge in [0.2, 0.25) is 11.0 Å². The summed E-state index contributed by atoms with van der Waals surface area (Å²) in [5.74, 6) is 0.660. The largest absolute Gasteiger partial charge is 0.478 e. The van der Waals surface area contributed by atoms with Crippen LogP contribution in [0.25, 0.3) is 16.1 Å². The molecular formula is C19H18N4OS. The molecule has 0 unspecified atom stereocenters. The Hall–Kier alpha value is -2.73. The van der Waals surface area contributed by atoms with Gasteiger partial charge in [-0.3, -0.25) is 0 Å². The Morgan fingerprint density at radius 1 is 1.20 bits per heavy atom. The van der Waals surface area contributed by atoms with Gasteiger partial charge in [0.25, 0.3) is 0 Å². The number of anilines is 1. The molecule has 0 saturated carbocycles. The number of nitrogens with zero attached hydrogens (tertiary/aromatic N) is 3. The van der Waals surface area contributed by atoms with Gasteiger partial charge in [-0.25, -0.2) is 4.98 Å². The van der Waals surface area contributed by atoms with Gasteiger partial charge in [0, 0.05) is 24.3 Å². The standard InChI is InChI=1S/C19H18N4OS/c1-3-24-17-6-4-5-16(21-17)14-10-9-12-7-8-13(11-15(12)14)18-22-23-19(20-2)25-18/h4-8,10-11H,3,9H2,1-2H3,(H,20,23). The molecule has 0 spiro atoms. The van der Waals surface area contributed by atoms with Crippen molar-refractivity contribution in [2.45, 2.75) is 13.3 Å². The highest BCUT2D eigenvalue weighted by Gasteiger charge is 2.19. The number of fused-ring (bicyclic) bond motifs is 1. The zero-order valence-corrected chi connectivity index (χ0v) is 14.9. The third kappa shape index (κ3) is 3.00. The number of ether oxygens (including phenoxy) is 1. The van der Waals surface area contributed by atoms with Gasteiger partial charge in [0.05, 0.1) is 12.3 Å². The van der Waals surface area contributed by atoms with Gasteiger partial charge in [-0.05, 0) is 36.6 Å². The summed E-state index contributed by atoms with van der Waals surface area (Å²) in [6, 6.07) is 12.4. The Morgan fingerprint density at radius 2 is 2.12 bits per heavy atom. The number of hydrogen-bond donors (Lipinski definition) is 1. The molecule has 2 heterocycles.